The smallest absolute Gasteiger partial charge is 0.255 e. The van der Waals surface area contributed by atoms with Crippen LogP contribution in [0.25, 0.3) is 0 Å². The predicted molar refractivity (Wildman–Crippen MR) is 69.9 cm³/mol. The van der Waals surface area contributed by atoms with E-state index in [1.165, 1.54) is 12.1 Å². The average molecular weight is 280 g/mol. The minimum absolute atomic E-state index is 0.175. The largest absolute Gasteiger partial charge is 0.398 e. The van der Waals surface area contributed by atoms with Crippen LogP contribution in [0, 0.1) is 24.4 Å². The van der Waals surface area contributed by atoms with E-state index in [0.717, 1.165) is 5.56 Å². The normalized spacial score (nSPS) is 10.4. The molecule has 0 unspecified atom stereocenters. The van der Waals surface area contributed by atoms with Crippen LogP contribution in [0.15, 0.2) is 30.3 Å². The van der Waals surface area contributed by atoms with Crippen molar-refractivity contribution in [3.8, 4) is 0 Å². The Morgan fingerprint density at radius 3 is 2.25 bits per heavy atom. The van der Waals surface area contributed by atoms with Gasteiger partial charge in [-0.1, -0.05) is 6.07 Å². The summed E-state index contributed by atoms with van der Waals surface area (Å²) in [5.74, 6) is -4.92. The van der Waals surface area contributed by atoms with Crippen molar-refractivity contribution in [2.24, 2.45) is 0 Å². The molecule has 0 aromatic heterocycles. The molecule has 0 aliphatic rings. The number of aryl methyl sites for hydroxylation is 1. The number of nitrogens with two attached hydrogens (primary N) is 1. The van der Waals surface area contributed by atoms with Crippen LogP contribution in [0.5, 0.6) is 0 Å². The zero-order valence-electron chi connectivity index (χ0n) is 10.5. The lowest BCUT2D eigenvalue weighted by Crippen LogP contribution is -2.13. The number of halogens is 3. The van der Waals surface area contributed by atoms with Crippen LogP contribution in [-0.2, 0) is 0 Å². The molecular weight excluding hydrogens is 269 g/mol. The van der Waals surface area contributed by atoms with Gasteiger partial charge in [-0.05, 0) is 24.6 Å². The molecule has 3 nitrogen and oxygen atoms in total. The van der Waals surface area contributed by atoms with E-state index >= 15 is 0 Å². The molecular formula is C14H11F3N2O. The Morgan fingerprint density at radius 2 is 1.70 bits per heavy atom. The molecule has 104 valence electrons. The quantitative estimate of drug-likeness (QED) is 0.655. The van der Waals surface area contributed by atoms with Crippen molar-refractivity contribution in [1.29, 1.82) is 0 Å². The summed E-state index contributed by atoms with van der Waals surface area (Å²) in [7, 11) is 0. The minimum atomic E-state index is -1.58. The van der Waals surface area contributed by atoms with Gasteiger partial charge in [0.05, 0.1) is 0 Å². The highest BCUT2D eigenvalue weighted by atomic mass is 19.2. The first-order valence-electron chi connectivity index (χ1n) is 5.70. The van der Waals surface area contributed by atoms with E-state index in [9.17, 15) is 18.0 Å². The summed E-state index contributed by atoms with van der Waals surface area (Å²) in [6.07, 6.45) is 0. The number of nitrogens with one attached hydrogen (secondary N) is 1. The van der Waals surface area contributed by atoms with Gasteiger partial charge < -0.3 is 11.1 Å². The lowest BCUT2D eigenvalue weighted by molar-refractivity contribution is 0.102. The van der Waals surface area contributed by atoms with E-state index in [4.69, 9.17) is 5.73 Å². The first-order chi connectivity index (χ1) is 9.38. The molecule has 2 aromatic rings. The number of hydrogen-bond donors (Lipinski definition) is 2. The van der Waals surface area contributed by atoms with Crippen LogP contribution in [0.2, 0.25) is 0 Å². The standard InChI is InChI=1S/C14H11F3N2O/c1-7-2-3-8(4-12(7)18)14(20)19-9-5-10(15)13(17)11(16)6-9/h2-6H,18H2,1H3,(H,19,20). The van der Waals surface area contributed by atoms with E-state index in [1.807, 2.05) is 0 Å². The van der Waals surface area contributed by atoms with Crippen molar-refractivity contribution < 1.29 is 18.0 Å². The highest BCUT2D eigenvalue weighted by Crippen LogP contribution is 2.19. The third-order valence-corrected chi connectivity index (χ3v) is 2.78. The van der Waals surface area contributed by atoms with Gasteiger partial charge in [-0.2, -0.15) is 0 Å². The first-order valence-corrected chi connectivity index (χ1v) is 5.70. The Morgan fingerprint density at radius 1 is 1.10 bits per heavy atom. The van der Waals surface area contributed by atoms with Crippen molar-refractivity contribution in [2.75, 3.05) is 11.1 Å². The summed E-state index contributed by atoms with van der Waals surface area (Å²) in [4.78, 5) is 11.9. The highest BCUT2D eigenvalue weighted by molar-refractivity contribution is 6.04. The van der Waals surface area contributed by atoms with Crippen LogP contribution >= 0.6 is 0 Å². The number of carbonyl (C=O) groups is 1. The molecule has 0 radical (unpaired) electrons. The lowest BCUT2D eigenvalue weighted by atomic mass is 10.1. The SMILES string of the molecule is Cc1ccc(C(=O)Nc2cc(F)c(F)c(F)c2)cc1N. The number of amides is 1. The molecule has 2 rings (SSSR count). The molecule has 2 aromatic carbocycles. The van der Waals surface area contributed by atoms with Gasteiger partial charge in [-0.25, -0.2) is 13.2 Å². The van der Waals surface area contributed by atoms with Crippen LogP contribution in [0.3, 0.4) is 0 Å². The number of carbonyl (C=O) groups excluding carboxylic acids is 1. The molecule has 0 bridgehead atoms. The summed E-state index contributed by atoms with van der Waals surface area (Å²) < 4.78 is 38.8. The van der Waals surface area contributed by atoms with E-state index in [-0.39, 0.29) is 11.3 Å². The van der Waals surface area contributed by atoms with Gasteiger partial charge in [0.25, 0.3) is 5.91 Å². The molecule has 0 aliphatic carbocycles. The van der Waals surface area contributed by atoms with Gasteiger partial charge in [0.2, 0.25) is 0 Å². The van der Waals surface area contributed by atoms with Crippen LogP contribution < -0.4 is 11.1 Å². The predicted octanol–water partition coefficient (Wildman–Crippen LogP) is 3.25. The maximum absolute atomic E-state index is 13.0. The molecule has 3 N–H and O–H groups in total. The zero-order valence-corrected chi connectivity index (χ0v) is 10.5. The molecule has 20 heavy (non-hydrogen) atoms. The van der Waals surface area contributed by atoms with E-state index in [1.54, 1.807) is 13.0 Å². The molecule has 0 saturated heterocycles. The Hall–Kier alpha value is -2.50. The monoisotopic (exact) mass is 280 g/mol. The Balaban J connectivity index is 2.25. The maximum atomic E-state index is 13.0. The Bertz CT molecular complexity index is 663. The Kier molecular flexibility index (Phi) is 3.65. The maximum Gasteiger partial charge on any atom is 0.255 e. The lowest BCUT2D eigenvalue weighted by Gasteiger charge is -2.08. The summed E-state index contributed by atoms with van der Waals surface area (Å²) in [5, 5.41) is 2.27. The number of anilines is 2. The Labute approximate surface area is 113 Å². The first kappa shape index (κ1) is 13.9. The average Bonchev–Trinajstić information content (AvgIpc) is 2.39. The fourth-order valence-corrected chi connectivity index (χ4v) is 1.61. The van der Waals surface area contributed by atoms with Gasteiger partial charge in [-0.3, -0.25) is 4.79 Å². The second-order valence-corrected chi connectivity index (χ2v) is 4.28. The molecule has 0 heterocycles. The molecule has 6 heteroatoms. The summed E-state index contributed by atoms with van der Waals surface area (Å²) in [6, 6.07) is 6.02. The van der Waals surface area contributed by atoms with Crippen molar-refractivity contribution in [1.82, 2.24) is 0 Å². The van der Waals surface area contributed by atoms with Gasteiger partial charge >= 0.3 is 0 Å². The molecule has 0 atom stereocenters. The van der Waals surface area contributed by atoms with Crippen LogP contribution in [0.4, 0.5) is 24.5 Å². The van der Waals surface area contributed by atoms with Crippen molar-refractivity contribution in [2.45, 2.75) is 6.92 Å². The van der Waals surface area contributed by atoms with Gasteiger partial charge in [0, 0.05) is 29.1 Å². The second-order valence-electron chi connectivity index (χ2n) is 4.28. The van der Waals surface area contributed by atoms with Crippen molar-refractivity contribution >= 4 is 17.3 Å². The third-order valence-electron chi connectivity index (χ3n) is 2.78. The summed E-state index contributed by atoms with van der Waals surface area (Å²) in [5.41, 5.74) is 6.96. The fourth-order valence-electron chi connectivity index (χ4n) is 1.61. The topological polar surface area (TPSA) is 55.1 Å². The molecule has 0 spiro atoms. The molecule has 1 amide bonds. The minimum Gasteiger partial charge on any atom is -0.398 e. The second kappa shape index (κ2) is 5.24. The number of benzene rings is 2. The van der Waals surface area contributed by atoms with Crippen molar-refractivity contribution in [3.05, 3.63) is 58.9 Å². The number of rotatable bonds is 2. The van der Waals surface area contributed by atoms with Crippen LogP contribution in [0.1, 0.15) is 15.9 Å². The summed E-state index contributed by atoms with van der Waals surface area (Å²) >= 11 is 0. The molecule has 0 fully saturated rings. The van der Waals surface area contributed by atoms with E-state index in [2.05, 4.69) is 5.32 Å². The number of hydrogen-bond acceptors (Lipinski definition) is 2. The zero-order chi connectivity index (χ0) is 14.9. The fraction of sp³-hybridized carbons (Fsp3) is 0.0714. The van der Waals surface area contributed by atoms with Gasteiger partial charge in [0.15, 0.2) is 17.5 Å². The molecule has 0 aliphatic heterocycles. The third kappa shape index (κ3) is 2.74. The summed E-state index contributed by atoms with van der Waals surface area (Å²) in [6.45, 7) is 1.78. The van der Waals surface area contributed by atoms with Gasteiger partial charge in [0.1, 0.15) is 0 Å². The van der Waals surface area contributed by atoms with Gasteiger partial charge in [-0.15, -0.1) is 0 Å². The van der Waals surface area contributed by atoms with Crippen molar-refractivity contribution in [3.63, 3.8) is 0 Å². The van der Waals surface area contributed by atoms with E-state index < -0.39 is 23.4 Å². The highest BCUT2D eigenvalue weighted by Gasteiger charge is 2.13. The molecule has 0 saturated carbocycles. The van der Waals surface area contributed by atoms with E-state index in [0.29, 0.717) is 17.8 Å². The number of nitrogen functional groups attached to an aromatic ring is 1. The van der Waals surface area contributed by atoms with Crippen LogP contribution in [-0.4, -0.2) is 5.91 Å².